The van der Waals surface area contributed by atoms with Gasteiger partial charge in [0, 0.05) is 19.6 Å². The van der Waals surface area contributed by atoms with Crippen molar-refractivity contribution in [2.75, 3.05) is 13.1 Å². The van der Waals surface area contributed by atoms with Gasteiger partial charge in [-0.1, -0.05) is 12.1 Å². The van der Waals surface area contributed by atoms with Crippen LogP contribution in [0.25, 0.3) is 0 Å². The Morgan fingerprint density at radius 3 is 2.72 bits per heavy atom. The van der Waals surface area contributed by atoms with Crippen molar-refractivity contribution >= 4 is 12.0 Å². The van der Waals surface area contributed by atoms with Crippen LogP contribution in [0.4, 0.5) is 9.18 Å². The first kappa shape index (κ1) is 19.2. The summed E-state index contributed by atoms with van der Waals surface area (Å²) in [6, 6.07) is 4.93. The highest BCUT2D eigenvalue weighted by molar-refractivity contribution is 5.80. The molecule has 2 amide bonds. The van der Waals surface area contributed by atoms with Crippen LogP contribution in [0.3, 0.4) is 0 Å². The lowest BCUT2D eigenvalue weighted by molar-refractivity contribution is -0.126. The topological polar surface area (TPSA) is 58.6 Å². The Kier molecular flexibility index (Phi) is 6.03. The number of likely N-dealkylation sites (tertiary alicyclic amines) is 1. The van der Waals surface area contributed by atoms with Gasteiger partial charge in [-0.15, -0.1) is 0 Å². The highest BCUT2D eigenvalue weighted by Crippen LogP contribution is 2.20. The van der Waals surface area contributed by atoms with E-state index in [0.29, 0.717) is 18.7 Å². The lowest BCUT2D eigenvalue weighted by Gasteiger charge is -2.33. The van der Waals surface area contributed by atoms with Crippen molar-refractivity contribution < 1.29 is 18.7 Å². The normalized spacial score (nSPS) is 18.0. The average molecular weight is 350 g/mol. The van der Waals surface area contributed by atoms with E-state index < -0.39 is 5.60 Å². The van der Waals surface area contributed by atoms with Gasteiger partial charge in [-0.05, 0) is 57.7 Å². The number of piperidine rings is 1. The molecular weight excluding hydrogens is 323 g/mol. The van der Waals surface area contributed by atoms with Crippen LogP contribution in [0.2, 0.25) is 0 Å². The van der Waals surface area contributed by atoms with Crippen LogP contribution < -0.4 is 5.32 Å². The molecule has 0 saturated carbocycles. The quantitative estimate of drug-likeness (QED) is 0.909. The Labute approximate surface area is 148 Å². The first-order valence-corrected chi connectivity index (χ1v) is 8.66. The van der Waals surface area contributed by atoms with E-state index in [0.717, 1.165) is 18.4 Å². The number of benzene rings is 1. The van der Waals surface area contributed by atoms with Gasteiger partial charge in [0.1, 0.15) is 11.4 Å². The van der Waals surface area contributed by atoms with Crippen molar-refractivity contribution in [1.82, 2.24) is 10.2 Å². The Hall–Kier alpha value is -2.11. The molecule has 1 saturated heterocycles. The highest BCUT2D eigenvalue weighted by atomic mass is 19.1. The molecule has 1 atom stereocenters. The molecule has 1 aliphatic rings. The molecule has 1 aromatic rings. The number of carbonyl (C=O) groups is 2. The summed E-state index contributed by atoms with van der Waals surface area (Å²) in [5.41, 5.74) is 0.744. The molecule has 0 bridgehead atoms. The predicted molar refractivity (Wildman–Crippen MR) is 93.5 cm³/mol. The van der Waals surface area contributed by atoms with Gasteiger partial charge in [0.2, 0.25) is 5.91 Å². The fourth-order valence-electron chi connectivity index (χ4n) is 2.76. The lowest BCUT2D eigenvalue weighted by Crippen LogP contribution is -2.46. The highest BCUT2D eigenvalue weighted by Gasteiger charge is 2.30. The second-order valence-corrected chi connectivity index (χ2v) is 7.57. The molecule has 0 unspecified atom stereocenters. The van der Waals surface area contributed by atoms with Crippen LogP contribution in [0.5, 0.6) is 0 Å². The van der Waals surface area contributed by atoms with Crippen molar-refractivity contribution in [1.29, 1.82) is 0 Å². The molecule has 5 nitrogen and oxygen atoms in total. The SMILES string of the molecule is Cc1ccc(CNC(=O)[C@H]2CCCN(C(=O)OC(C)(C)C)C2)cc1F. The van der Waals surface area contributed by atoms with Crippen LogP contribution in [0, 0.1) is 18.7 Å². The first-order valence-electron chi connectivity index (χ1n) is 8.66. The third-order valence-corrected chi connectivity index (χ3v) is 4.15. The second-order valence-electron chi connectivity index (χ2n) is 7.57. The molecule has 1 aliphatic heterocycles. The smallest absolute Gasteiger partial charge is 0.410 e. The van der Waals surface area contributed by atoms with E-state index in [9.17, 15) is 14.0 Å². The summed E-state index contributed by atoms with van der Waals surface area (Å²) >= 11 is 0. The molecule has 25 heavy (non-hydrogen) atoms. The summed E-state index contributed by atoms with van der Waals surface area (Å²) in [4.78, 5) is 26.1. The van der Waals surface area contributed by atoms with Crippen molar-refractivity contribution in [2.24, 2.45) is 5.92 Å². The molecule has 1 N–H and O–H groups in total. The summed E-state index contributed by atoms with van der Waals surface area (Å²) in [7, 11) is 0. The van der Waals surface area contributed by atoms with Crippen LogP contribution >= 0.6 is 0 Å². The minimum atomic E-state index is -0.554. The summed E-state index contributed by atoms with van der Waals surface area (Å²) in [6.45, 7) is 8.38. The number of aryl methyl sites for hydroxylation is 1. The molecule has 138 valence electrons. The zero-order chi connectivity index (χ0) is 18.6. The molecule has 0 spiro atoms. The molecule has 0 aliphatic carbocycles. The molecule has 1 aromatic carbocycles. The van der Waals surface area contributed by atoms with Gasteiger partial charge in [0.15, 0.2) is 0 Å². The van der Waals surface area contributed by atoms with Gasteiger partial charge < -0.3 is 15.0 Å². The minimum absolute atomic E-state index is 0.116. The van der Waals surface area contributed by atoms with Crippen molar-refractivity contribution in [2.45, 2.75) is 52.7 Å². The fraction of sp³-hybridized carbons (Fsp3) is 0.579. The number of hydrogen-bond acceptors (Lipinski definition) is 3. The zero-order valence-electron chi connectivity index (χ0n) is 15.4. The predicted octanol–water partition coefficient (Wildman–Crippen LogP) is 3.40. The third-order valence-electron chi connectivity index (χ3n) is 4.15. The Morgan fingerprint density at radius 1 is 1.36 bits per heavy atom. The second kappa shape index (κ2) is 7.85. The molecule has 1 fully saturated rings. The number of ether oxygens (including phenoxy) is 1. The molecule has 2 rings (SSSR count). The molecule has 1 heterocycles. The van der Waals surface area contributed by atoms with Crippen molar-refractivity contribution in [3.05, 3.63) is 35.1 Å². The van der Waals surface area contributed by atoms with E-state index in [-0.39, 0.29) is 30.3 Å². The molecular formula is C19H27FN2O3. The number of carbonyl (C=O) groups excluding carboxylic acids is 2. The van der Waals surface area contributed by atoms with E-state index in [1.165, 1.54) is 6.07 Å². The third kappa shape index (κ3) is 5.73. The summed E-state index contributed by atoms with van der Waals surface area (Å²) in [5, 5.41) is 2.84. The maximum atomic E-state index is 13.6. The van der Waals surface area contributed by atoms with Crippen LogP contribution in [0.15, 0.2) is 18.2 Å². The molecule has 6 heteroatoms. The van der Waals surface area contributed by atoms with Gasteiger partial charge in [0.05, 0.1) is 5.92 Å². The number of hydrogen-bond donors (Lipinski definition) is 1. The van der Waals surface area contributed by atoms with Crippen molar-refractivity contribution in [3.8, 4) is 0 Å². The van der Waals surface area contributed by atoms with Crippen molar-refractivity contribution in [3.63, 3.8) is 0 Å². The fourth-order valence-corrected chi connectivity index (χ4v) is 2.76. The number of nitrogens with one attached hydrogen (secondary N) is 1. The van der Waals surface area contributed by atoms with E-state index >= 15 is 0 Å². The molecule has 0 radical (unpaired) electrons. The van der Waals surface area contributed by atoms with Gasteiger partial charge in [-0.2, -0.15) is 0 Å². The average Bonchev–Trinajstić information content (AvgIpc) is 2.54. The minimum Gasteiger partial charge on any atom is -0.444 e. The Morgan fingerprint density at radius 2 is 2.08 bits per heavy atom. The number of halogens is 1. The van der Waals surface area contributed by atoms with E-state index in [4.69, 9.17) is 4.74 Å². The van der Waals surface area contributed by atoms with E-state index in [2.05, 4.69) is 5.32 Å². The maximum Gasteiger partial charge on any atom is 0.410 e. The monoisotopic (exact) mass is 350 g/mol. The van der Waals surface area contributed by atoms with Gasteiger partial charge in [-0.25, -0.2) is 9.18 Å². The summed E-state index contributed by atoms with van der Waals surface area (Å²) in [6.07, 6.45) is 1.11. The first-order chi connectivity index (χ1) is 11.7. The van der Waals surface area contributed by atoms with E-state index in [1.54, 1.807) is 24.0 Å². The summed E-state index contributed by atoms with van der Waals surface area (Å²) in [5.74, 6) is -0.661. The number of rotatable bonds is 3. The number of nitrogens with zero attached hydrogens (tertiary/aromatic N) is 1. The Bertz CT molecular complexity index is 640. The van der Waals surface area contributed by atoms with Gasteiger partial charge >= 0.3 is 6.09 Å². The van der Waals surface area contributed by atoms with Gasteiger partial charge in [-0.3, -0.25) is 4.79 Å². The number of amides is 2. The Balaban J connectivity index is 1.88. The van der Waals surface area contributed by atoms with Crippen LogP contribution in [-0.2, 0) is 16.1 Å². The summed E-state index contributed by atoms with van der Waals surface area (Å²) < 4.78 is 18.9. The standard InChI is InChI=1S/C19H27FN2O3/c1-13-7-8-14(10-16(13)20)11-21-17(23)15-6-5-9-22(12-15)18(24)25-19(2,3)4/h7-8,10,15H,5-6,9,11-12H2,1-4H3,(H,21,23)/t15-/m0/s1. The lowest BCUT2D eigenvalue weighted by atomic mass is 9.97. The maximum absolute atomic E-state index is 13.6. The van der Waals surface area contributed by atoms with Crippen LogP contribution in [-0.4, -0.2) is 35.6 Å². The van der Waals surface area contributed by atoms with Crippen LogP contribution in [0.1, 0.15) is 44.7 Å². The van der Waals surface area contributed by atoms with E-state index in [1.807, 2.05) is 20.8 Å². The van der Waals surface area contributed by atoms with Gasteiger partial charge in [0.25, 0.3) is 0 Å². The largest absolute Gasteiger partial charge is 0.444 e. The zero-order valence-corrected chi connectivity index (χ0v) is 15.4. The molecule has 0 aromatic heterocycles.